The van der Waals surface area contributed by atoms with E-state index in [4.69, 9.17) is 4.74 Å². The van der Waals surface area contributed by atoms with E-state index < -0.39 is 11.2 Å². The molecule has 26 heavy (non-hydrogen) atoms. The summed E-state index contributed by atoms with van der Waals surface area (Å²) in [7, 11) is 4.07. The zero-order chi connectivity index (χ0) is 19.4. The molecule has 0 aliphatic heterocycles. The molecule has 140 valence electrons. The van der Waals surface area contributed by atoms with Crippen molar-refractivity contribution in [1.29, 1.82) is 0 Å². The highest BCUT2D eigenvalue weighted by Gasteiger charge is 2.26. The highest BCUT2D eigenvalue weighted by molar-refractivity contribution is 5.70. The number of ether oxygens (including phenoxy) is 1. The molecular weight excluding hydrogens is 324 g/mol. The van der Waals surface area contributed by atoms with Gasteiger partial charge in [-0.25, -0.2) is 0 Å². The Morgan fingerprint density at radius 2 is 1.54 bits per heavy atom. The fraction of sp³-hybridized carbons (Fsp3) is 0.409. The molecule has 4 heteroatoms. The van der Waals surface area contributed by atoms with Crippen LogP contribution in [0.3, 0.4) is 0 Å². The minimum absolute atomic E-state index is 0.256. The second-order valence-corrected chi connectivity index (χ2v) is 7.91. The van der Waals surface area contributed by atoms with Gasteiger partial charge in [-0.2, -0.15) is 0 Å². The van der Waals surface area contributed by atoms with Crippen molar-refractivity contribution in [3.05, 3.63) is 59.4 Å². The molecule has 0 saturated heterocycles. The molecule has 2 rings (SSSR count). The van der Waals surface area contributed by atoms with Crippen LogP contribution in [0.4, 0.5) is 5.69 Å². The SMILES string of the molecule is CN(C)c1ccc(/C=C/c2ccc(C(C)(C)OCC(C)(C)O)nc2)cc1. The summed E-state index contributed by atoms with van der Waals surface area (Å²) in [6.45, 7) is 7.64. The van der Waals surface area contributed by atoms with Gasteiger partial charge in [0.05, 0.1) is 17.9 Å². The fourth-order valence-corrected chi connectivity index (χ4v) is 2.37. The predicted octanol–water partition coefficient (Wildman–Crippen LogP) is 4.34. The number of nitrogens with zero attached hydrogens (tertiary/aromatic N) is 2. The van der Waals surface area contributed by atoms with Gasteiger partial charge in [-0.1, -0.05) is 30.4 Å². The number of pyridine rings is 1. The second-order valence-electron chi connectivity index (χ2n) is 7.91. The van der Waals surface area contributed by atoms with Gasteiger partial charge < -0.3 is 14.7 Å². The van der Waals surface area contributed by atoms with Crippen LogP contribution >= 0.6 is 0 Å². The molecule has 1 heterocycles. The van der Waals surface area contributed by atoms with Gasteiger partial charge in [0, 0.05) is 26.0 Å². The lowest BCUT2D eigenvalue weighted by Crippen LogP contribution is -2.33. The first kappa shape index (κ1) is 20.1. The van der Waals surface area contributed by atoms with E-state index in [1.165, 1.54) is 5.69 Å². The summed E-state index contributed by atoms with van der Waals surface area (Å²) in [4.78, 5) is 6.62. The van der Waals surface area contributed by atoms with Crippen LogP contribution in [0.2, 0.25) is 0 Å². The summed E-state index contributed by atoms with van der Waals surface area (Å²) in [5.41, 5.74) is 2.79. The number of anilines is 1. The summed E-state index contributed by atoms with van der Waals surface area (Å²) in [5.74, 6) is 0. The quantitative estimate of drug-likeness (QED) is 0.803. The molecule has 2 aromatic rings. The van der Waals surface area contributed by atoms with Crippen molar-refractivity contribution in [2.24, 2.45) is 0 Å². The summed E-state index contributed by atoms with van der Waals surface area (Å²) in [6.07, 6.45) is 5.97. The molecule has 0 bridgehead atoms. The first-order valence-corrected chi connectivity index (χ1v) is 8.85. The van der Waals surface area contributed by atoms with E-state index in [0.29, 0.717) is 0 Å². The first-order chi connectivity index (χ1) is 12.1. The summed E-state index contributed by atoms with van der Waals surface area (Å²) in [6, 6.07) is 12.4. The Morgan fingerprint density at radius 1 is 0.962 bits per heavy atom. The van der Waals surface area contributed by atoms with Crippen molar-refractivity contribution in [3.63, 3.8) is 0 Å². The van der Waals surface area contributed by atoms with Crippen LogP contribution in [0.1, 0.15) is 44.5 Å². The van der Waals surface area contributed by atoms with Gasteiger partial charge in [-0.05, 0) is 57.0 Å². The monoisotopic (exact) mass is 354 g/mol. The molecule has 1 N–H and O–H groups in total. The molecule has 0 aliphatic rings. The summed E-state index contributed by atoms with van der Waals surface area (Å²) < 4.78 is 5.85. The van der Waals surface area contributed by atoms with Crippen molar-refractivity contribution in [1.82, 2.24) is 4.98 Å². The van der Waals surface area contributed by atoms with E-state index in [0.717, 1.165) is 16.8 Å². The Hall–Kier alpha value is -2.17. The van der Waals surface area contributed by atoms with E-state index in [-0.39, 0.29) is 6.61 Å². The van der Waals surface area contributed by atoms with Crippen LogP contribution in [0, 0.1) is 0 Å². The Morgan fingerprint density at radius 3 is 2.04 bits per heavy atom. The number of benzene rings is 1. The van der Waals surface area contributed by atoms with Crippen molar-refractivity contribution in [2.45, 2.75) is 38.9 Å². The lowest BCUT2D eigenvalue weighted by atomic mass is 10.0. The highest BCUT2D eigenvalue weighted by atomic mass is 16.5. The molecule has 0 spiro atoms. The maximum Gasteiger partial charge on any atom is 0.104 e. The molecule has 0 saturated carbocycles. The summed E-state index contributed by atoms with van der Waals surface area (Å²) >= 11 is 0. The smallest absolute Gasteiger partial charge is 0.104 e. The largest absolute Gasteiger partial charge is 0.388 e. The number of hydrogen-bond donors (Lipinski definition) is 1. The molecule has 1 aromatic heterocycles. The van der Waals surface area contributed by atoms with Gasteiger partial charge in [-0.3, -0.25) is 4.98 Å². The lowest BCUT2D eigenvalue weighted by Gasteiger charge is -2.28. The Labute approximate surface area is 157 Å². The van der Waals surface area contributed by atoms with Gasteiger partial charge >= 0.3 is 0 Å². The molecule has 0 unspecified atom stereocenters. The topological polar surface area (TPSA) is 45.6 Å². The minimum atomic E-state index is -0.859. The maximum atomic E-state index is 9.84. The molecule has 0 atom stereocenters. The number of aliphatic hydroxyl groups is 1. The van der Waals surface area contributed by atoms with E-state index in [2.05, 4.69) is 40.2 Å². The average Bonchev–Trinajstić information content (AvgIpc) is 2.58. The number of rotatable bonds is 7. The molecule has 0 aliphatic carbocycles. The molecular formula is C22H30N2O2. The normalized spacial score (nSPS) is 12.6. The molecule has 0 fully saturated rings. The van der Waals surface area contributed by atoms with Crippen LogP contribution in [-0.4, -0.2) is 36.4 Å². The van der Waals surface area contributed by atoms with Crippen LogP contribution < -0.4 is 4.90 Å². The van der Waals surface area contributed by atoms with Gasteiger partial charge in [-0.15, -0.1) is 0 Å². The van der Waals surface area contributed by atoms with Gasteiger partial charge in [0.15, 0.2) is 0 Å². The van der Waals surface area contributed by atoms with Gasteiger partial charge in [0.2, 0.25) is 0 Å². The molecule has 0 radical (unpaired) electrons. The Bertz CT molecular complexity index is 724. The zero-order valence-corrected chi connectivity index (χ0v) is 16.7. The maximum absolute atomic E-state index is 9.84. The van der Waals surface area contributed by atoms with Crippen LogP contribution in [-0.2, 0) is 10.3 Å². The molecule has 1 aromatic carbocycles. The summed E-state index contributed by atoms with van der Waals surface area (Å²) in [5, 5.41) is 9.84. The van der Waals surface area contributed by atoms with E-state index in [1.54, 1.807) is 13.8 Å². The molecule has 4 nitrogen and oxygen atoms in total. The first-order valence-electron chi connectivity index (χ1n) is 8.85. The predicted molar refractivity (Wildman–Crippen MR) is 109 cm³/mol. The third-order valence-corrected chi connectivity index (χ3v) is 4.07. The third-order valence-electron chi connectivity index (χ3n) is 4.07. The second kappa shape index (κ2) is 8.02. The van der Waals surface area contributed by atoms with Crippen LogP contribution in [0.5, 0.6) is 0 Å². The molecule has 0 amide bonds. The van der Waals surface area contributed by atoms with E-state index in [9.17, 15) is 5.11 Å². The minimum Gasteiger partial charge on any atom is -0.388 e. The third kappa shape index (κ3) is 5.97. The Balaban J connectivity index is 2.04. The lowest BCUT2D eigenvalue weighted by molar-refractivity contribution is -0.0961. The van der Waals surface area contributed by atoms with Crippen molar-refractivity contribution < 1.29 is 9.84 Å². The highest BCUT2D eigenvalue weighted by Crippen LogP contribution is 2.24. The van der Waals surface area contributed by atoms with E-state index >= 15 is 0 Å². The van der Waals surface area contributed by atoms with Crippen molar-refractivity contribution in [2.75, 3.05) is 25.6 Å². The zero-order valence-electron chi connectivity index (χ0n) is 16.7. The van der Waals surface area contributed by atoms with Crippen molar-refractivity contribution in [3.8, 4) is 0 Å². The van der Waals surface area contributed by atoms with Crippen LogP contribution in [0.15, 0.2) is 42.6 Å². The number of aromatic nitrogens is 1. The van der Waals surface area contributed by atoms with Crippen LogP contribution in [0.25, 0.3) is 12.2 Å². The Kier molecular flexibility index (Phi) is 6.21. The van der Waals surface area contributed by atoms with Gasteiger partial charge in [0.25, 0.3) is 0 Å². The van der Waals surface area contributed by atoms with E-state index in [1.807, 2.05) is 52.3 Å². The average molecular weight is 354 g/mol. The fourth-order valence-electron chi connectivity index (χ4n) is 2.37. The number of hydrogen-bond acceptors (Lipinski definition) is 4. The van der Waals surface area contributed by atoms with Gasteiger partial charge in [0.1, 0.15) is 5.60 Å². The van der Waals surface area contributed by atoms with Crippen molar-refractivity contribution >= 4 is 17.8 Å². The standard InChI is InChI=1S/C22H30N2O2/c1-21(2,25)16-26-22(3,4)20-14-11-18(15-23-20)8-7-17-9-12-19(13-10-17)24(5)6/h7-15,25H,16H2,1-6H3/b8-7+.